The Morgan fingerprint density at radius 3 is 2.90 bits per heavy atom. The Hall–Kier alpha value is -0.710. The fraction of sp³-hybridized carbons (Fsp3) is 0.438. The molecule has 0 radical (unpaired) electrons. The van der Waals surface area contributed by atoms with Crippen molar-refractivity contribution in [1.29, 1.82) is 0 Å². The maximum atomic E-state index is 10.8. The van der Waals surface area contributed by atoms with Gasteiger partial charge in [0.2, 0.25) is 0 Å². The van der Waals surface area contributed by atoms with E-state index in [2.05, 4.69) is 18.8 Å². The van der Waals surface area contributed by atoms with Gasteiger partial charge in [0.15, 0.2) is 0 Å². The van der Waals surface area contributed by atoms with Crippen LogP contribution in [0.4, 0.5) is 0 Å². The van der Waals surface area contributed by atoms with E-state index in [1.165, 1.54) is 0 Å². The van der Waals surface area contributed by atoms with E-state index in [9.17, 15) is 5.11 Å². The highest BCUT2D eigenvalue weighted by molar-refractivity contribution is 8.07. The molecule has 106 valence electrons. The lowest BCUT2D eigenvalue weighted by atomic mass is 10.0. The molecule has 4 unspecified atom stereocenters. The molecule has 2 heterocycles. The number of pyridine rings is 1. The molecular weight excluding hydrogens is 286 g/mol. The first-order chi connectivity index (χ1) is 9.66. The molecular formula is C16H19NOS2. The molecule has 0 aliphatic carbocycles. The largest absolute Gasteiger partial charge is 0.387 e. The normalized spacial score (nSPS) is 28.4. The second kappa shape index (κ2) is 5.96. The van der Waals surface area contributed by atoms with Crippen LogP contribution in [0.25, 0.3) is 10.8 Å². The van der Waals surface area contributed by atoms with Crippen molar-refractivity contribution >= 4 is 34.3 Å². The maximum Gasteiger partial charge on any atom is 0.0922 e. The zero-order valence-corrected chi connectivity index (χ0v) is 13.3. The minimum Gasteiger partial charge on any atom is -0.387 e. The average molecular weight is 305 g/mol. The molecule has 0 saturated carbocycles. The van der Waals surface area contributed by atoms with Crippen LogP contribution < -0.4 is 0 Å². The fourth-order valence-corrected chi connectivity index (χ4v) is 5.57. The number of hydrogen-bond acceptors (Lipinski definition) is 4. The number of aliphatic hydroxyl groups excluding tert-OH is 1. The van der Waals surface area contributed by atoms with Gasteiger partial charge >= 0.3 is 0 Å². The first kappa shape index (κ1) is 14.2. The molecule has 2 aromatic rings. The van der Waals surface area contributed by atoms with Gasteiger partial charge in [-0.05, 0) is 17.0 Å². The van der Waals surface area contributed by atoms with E-state index >= 15 is 0 Å². The van der Waals surface area contributed by atoms with E-state index in [1.54, 1.807) is 6.20 Å². The minimum absolute atomic E-state index is 0.268. The lowest BCUT2D eigenvalue weighted by molar-refractivity contribution is 0.181. The van der Waals surface area contributed by atoms with Crippen molar-refractivity contribution in [2.75, 3.05) is 5.75 Å². The van der Waals surface area contributed by atoms with Crippen molar-refractivity contribution < 1.29 is 5.11 Å². The van der Waals surface area contributed by atoms with Crippen LogP contribution in [-0.4, -0.2) is 31.6 Å². The van der Waals surface area contributed by atoms with Gasteiger partial charge in [-0.15, -0.1) is 0 Å². The number of hydrogen-bond donors (Lipinski definition) is 1. The van der Waals surface area contributed by atoms with Gasteiger partial charge in [0.1, 0.15) is 0 Å². The lowest BCUT2D eigenvalue weighted by Gasteiger charge is -2.34. The molecule has 4 atom stereocenters. The van der Waals surface area contributed by atoms with E-state index < -0.39 is 6.10 Å². The summed E-state index contributed by atoms with van der Waals surface area (Å²) in [4.78, 5) is 4.16. The summed E-state index contributed by atoms with van der Waals surface area (Å²) in [6, 6.07) is 8.10. The Bertz CT molecular complexity index is 599. The summed E-state index contributed by atoms with van der Waals surface area (Å²) in [6.45, 7) is 4.53. The second-order valence-electron chi connectivity index (χ2n) is 5.31. The molecule has 0 amide bonds. The van der Waals surface area contributed by atoms with Crippen LogP contribution in [0.3, 0.4) is 0 Å². The Kier molecular flexibility index (Phi) is 4.24. The zero-order chi connectivity index (χ0) is 14.1. The average Bonchev–Trinajstić information content (AvgIpc) is 2.49. The van der Waals surface area contributed by atoms with Crippen LogP contribution in [0.5, 0.6) is 0 Å². The molecule has 4 heteroatoms. The molecule has 2 nitrogen and oxygen atoms in total. The van der Waals surface area contributed by atoms with E-state index in [4.69, 9.17) is 0 Å². The number of benzene rings is 1. The summed E-state index contributed by atoms with van der Waals surface area (Å²) >= 11 is 3.89. The Morgan fingerprint density at radius 2 is 2.10 bits per heavy atom. The van der Waals surface area contributed by atoms with E-state index in [0.717, 1.165) is 22.1 Å². The third kappa shape index (κ3) is 2.69. The van der Waals surface area contributed by atoms with Crippen molar-refractivity contribution in [3.8, 4) is 0 Å². The number of rotatable bonds is 2. The summed E-state index contributed by atoms with van der Waals surface area (Å²) < 4.78 is 0. The molecule has 1 saturated heterocycles. The molecule has 1 aromatic heterocycles. The van der Waals surface area contributed by atoms with E-state index in [0.29, 0.717) is 10.5 Å². The van der Waals surface area contributed by atoms with Crippen LogP contribution in [0, 0.1) is 0 Å². The van der Waals surface area contributed by atoms with Gasteiger partial charge in [0, 0.05) is 39.3 Å². The van der Waals surface area contributed by atoms with Crippen molar-refractivity contribution in [3.63, 3.8) is 0 Å². The van der Waals surface area contributed by atoms with Crippen molar-refractivity contribution in [3.05, 3.63) is 42.2 Å². The highest BCUT2D eigenvalue weighted by Gasteiger charge is 2.31. The molecule has 1 aliphatic heterocycles. The topological polar surface area (TPSA) is 33.1 Å². The summed E-state index contributed by atoms with van der Waals surface area (Å²) in [6.07, 6.45) is 3.25. The molecule has 3 rings (SSSR count). The quantitative estimate of drug-likeness (QED) is 0.912. The molecule has 1 N–H and O–H groups in total. The highest BCUT2D eigenvalue weighted by atomic mass is 32.2. The van der Waals surface area contributed by atoms with Gasteiger partial charge in [0.25, 0.3) is 0 Å². The third-order valence-electron chi connectivity index (χ3n) is 3.96. The fourth-order valence-electron chi connectivity index (χ4n) is 2.58. The summed E-state index contributed by atoms with van der Waals surface area (Å²) in [5, 5.41) is 14.5. The van der Waals surface area contributed by atoms with Crippen LogP contribution in [0.1, 0.15) is 25.5 Å². The third-order valence-corrected chi connectivity index (χ3v) is 7.44. The first-order valence-electron chi connectivity index (χ1n) is 6.94. The molecule has 1 fully saturated rings. The van der Waals surface area contributed by atoms with E-state index in [-0.39, 0.29) is 5.25 Å². The van der Waals surface area contributed by atoms with Crippen LogP contribution in [-0.2, 0) is 0 Å². The highest BCUT2D eigenvalue weighted by Crippen LogP contribution is 2.42. The lowest BCUT2D eigenvalue weighted by Crippen LogP contribution is -2.30. The van der Waals surface area contributed by atoms with Gasteiger partial charge in [-0.2, -0.15) is 23.5 Å². The SMILES string of the molecule is CC1SCC(C(O)c2cccc3cnccc23)SC1C. The summed E-state index contributed by atoms with van der Waals surface area (Å²) in [5.41, 5.74) is 1.03. The Balaban J connectivity index is 1.91. The standard InChI is InChI=1S/C16H19NOS2/c1-10-11(2)20-15(9-19-10)16(18)14-5-3-4-12-8-17-7-6-13(12)14/h3-8,10-11,15-16,18H,9H2,1-2H3. The smallest absolute Gasteiger partial charge is 0.0922 e. The molecule has 1 aromatic carbocycles. The van der Waals surface area contributed by atoms with Gasteiger partial charge in [-0.3, -0.25) is 4.98 Å². The van der Waals surface area contributed by atoms with Crippen LogP contribution >= 0.6 is 23.5 Å². The number of aromatic nitrogens is 1. The second-order valence-corrected chi connectivity index (χ2v) is 8.34. The number of thioether (sulfide) groups is 2. The monoisotopic (exact) mass is 305 g/mol. The van der Waals surface area contributed by atoms with Crippen LogP contribution in [0.15, 0.2) is 36.7 Å². The Morgan fingerprint density at radius 1 is 1.25 bits per heavy atom. The maximum absolute atomic E-state index is 10.8. The van der Waals surface area contributed by atoms with Crippen LogP contribution in [0.2, 0.25) is 0 Å². The Labute approximate surface area is 128 Å². The zero-order valence-electron chi connectivity index (χ0n) is 11.7. The predicted molar refractivity (Wildman–Crippen MR) is 89.5 cm³/mol. The van der Waals surface area contributed by atoms with Gasteiger partial charge < -0.3 is 5.11 Å². The summed E-state index contributed by atoms with van der Waals surface area (Å²) in [5.74, 6) is 1.01. The predicted octanol–water partition coefficient (Wildman–Crippen LogP) is 3.89. The minimum atomic E-state index is -0.409. The van der Waals surface area contributed by atoms with Gasteiger partial charge in [-0.25, -0.2) is 0 Å². The van der Waals surface area contributed by atoms with Gasteiger partial charge in [0.05, 0.1) is 6.10 Å². The molecule has 20 heavy (non-hydrogen) atoms. The first-order valence-corrected chi connectivity index (χ1v) is 8.93. The number of fused-ring (bicyclic) bond motifs is 1. The number of aliphatic hydroxyl groups is 1. The molecule has 1 aliphatic rings. The molecule has 0 spiro atoms. The van der Waals surface area contributed by atoms with Crippen molar-refractivity contribution in [2.45, 2.75) is 35.7 Å². The van der Waals surface area contributed by atoms with Crippen molar-refractivity contribution in [2.24, 2.45) is 0 Å². The number of nitrogens with zero attached hydrogens (tertiary/aromatic N) is 1. The van der Waals surface area contributed by atoms with Gasteiger partial charge in [-0.1, -0.05) is 32.0 Å². The van der Waals surface area contributed by atoms with E-state index in [1.807, 2.05) is 54.0 Å². The van der Waals surface area contributed by atoms with Crippen molar-refractivity contribution in [1.82, 2.24) is 4.98 Å². The summed E-state index contributed by atoms with van der Waals surface area (Å²) in [7, 11) is 0. The molecule has 0 bridgehead atoms.